The Labute approximate surface area is 142 Å². The zero-order valence-electron chi connectivity index (χ0n) is 13.3. The SMILES string of the molecule is COc1ccc(C(=O)NN=Cc2ccc(N(C)C)cc2)cc1.Cl. The van der Waals surface area contributed by atoms with Gasteiger partial charge >= 0.3 is 0 Å². The van der Waals surface area contributed by atoms with Gasteiger partial charge in [-0.1, -0.05) is 12.1 Å². The number of anilines is 1. The molecule has 1 amide bonds. The molecule has 0 aromatic heterocycles. The van der Waals surface area contributed by atoms with Crippen LogP contribution in [0.3, 0.4) is 0 Å². The molecule has 0 bridgehead atoms. The molecule has 0 unspecified atom stereocenters. The molecule has 0 atom stereocenters. The van der Waals surface area contributed by atoms with Crippen molar-refractivity contribution in [2.24, 2.45) is 5.10 Å². The normalized spacial score (nSPS) is 10.0. The number of nitrogens with zero attached hydrogens (tertiary/aromatic N) is 2. The Hall–Kier alpha value is -2.53. The molecular weight excluding hydrogens is 314 g/mol. The van der Waals surface area contributed by atoms with E-state index in [1.807, 2.05) is 43.3 Å². The lowest BCUT2D eigenvalue weighted by atomic mass is 10.2. The van der Waals surface area contributed by atoms with Gasteiger partial charge in [-0.15, -0.1) is 12.4 Å². The summed E-state index contributed by atoms with van der Waals surface area (Å²) in [5.41, 5.74) is 5.06. The molecule has 0 aliphatic heterocycles. The molecule has 0 aliphatic carbocycles. The Morgan fingerprint density at radius 3 is 2.22 bits per heavy atom. The van der Waals surface area contributed by atoms with Gasteiger partial charge in [-0.2, -0.15) is 5.10 Å². The van der Waals surface area contributed by atoms with Crippen LogP contribution in [0.5, 0.6) is 5.75 Å². The van der Waals surface area contributed by atoms with Crippen LogP contribution in [0.25, 0.3) is 0 Å². The van der Waals surface area contributed by atoms with Crippen LogP contribution in [0, 0.1) is 0 Å². The minimum atomic E-state index is -0.260. The summed E-state index contributed by atoms with van der Waals surface area (Å²) in [6.07, 6.45) is 1.61. The second kappa shape index (κ2) is 8.80. The smallest absolute Gasteiger partial charge is 0.271 e. The molecule has 2 aromatic rings. The fraction of sp³-hybridized carbons (Fsp3) is 0.176. The van der Waals surface area contributed by atoms with Gasteiger partial charge in [0.25, 0.3) is 5.91 Å². The van der Waals surface area contributed by atoms with Gasteiger partial charge in [-0.25, -0.2) is 5.43 Å². The Morgan fingerprint density at radius 1 is 1.09 bits per heavy atom. The first-order valence-electron chi connectivity index (χ1n) is 6.85. The third-order valence-electron chi connectivity index (χ3n) is 3.14. The lowest BCUT2D eigenvalue weighted by Gasteiger charge is -2.11. The van der Waals surface area contributed by atoms with Gasteiger partial charge < -0.3 is 9.64 Å². The molecule has 0 saturated carbocycles. The van der Waals surface area contributed by atoms with Crippen molar-refractivity contribution in [2.75, 3.05) is 26.1 Å². The Morgan fingerprint density at radius 2 is 1.70 bits per heavy atom. The van der Waals surface area contributed by atoms with E-state index in [1.54, 1.807) is 37.6 Å². The second-order valence-corrected chi connectivity index (χ2v) is 4.91. The van der Waals surface area contributed by atoms with E-state index in [4.69, 9.17) is 4.74 Å². The highest BCUT2D eigenvalue weighted by molar-refractivity contribution is 5.95. The molecule has 0 fully saturated rings. The molecule has 0 heterocycles. The number of hydrazone groups is 1. The molecule has 6 heteroatoms. The van der Waals surface area contributed by atoms with E-state index >= 15 is 0 Å². The number of hydrogen-bond donors (Lipinski definition) is 1. The molecule has 1 N–H and O–H groups in total. The topological polar surface area (TPSA) is 53.9 Å². The van der Waals surface area contributed by atoms with E-state index in [0.29, 0.717) is 11.3 Å². The molecule has 5 nitrogen and oxygen atoms in total. The molecule has 122 valence electrons. The minimum absolute atomic E-state index is 0. The van der Waals surface area contributed by atoms with Crippen molar-refractivity contribution in [3.05, 3.63) is 59.7 Å². The van der Waals surface area contributed by atoms with E-state index in [0.717, 1.165) is 11.3 Å². The summed E-state index contributed by atoms with van der Waals surface area (Å²) in [6, 6.07) is 14.7. The molecule has 23 heavy (non-hydrogen) atoms. The lowest BCUT2D eigenvalue weighted by molar-refractivity contribution is 0.0955. The highest BCUT2D eigenvalue weighted by Crippen LogP contribution is 2.12. The largest absolute Gasteiger partial charge is 0.497 e. The van der Waals surface area contributed by atoms with Crippen LogP contribution < -0.4 is 15.1 Å². The number of benzene rings is 2. The van der Waals surface area contributed by atoms with Crippen molar-refractivity contribution in [3.63, 3.8) is 0 Å². The quantitative estimate of drug-likeness (QED) is 0.676. The summed E-state index contributed by atoms with van der Waals surface area (Å²) in [6.45, 7) is 0. The van der Waals surface area contributed by atoms with E-state index in [-0.39, 0.29) is 18.3 Å². The average molecular weight is 334 g/mol. The van der Waals surface area contributed by atoms with Crippen molar-refractivity contribution in [2.45, 2.75) is 0 Å². The summed E-state index contributed by atoms with van der Waals surface area (Å²) in [5, 5.41) is 3.97. The van der Waals surface area contributed by atoms with Gasteiger partial charge in [-0.3, -0.25) is 4.79 Å². The lowest BCUT2D eigenvalue weighted by Crippen LogP contribution is -2.17. The number of amides is 1. The third-order valence-corrected chi connectivity index (χ3v) is 3.14. The highest BCUT2D eigenvalue weighted by Gasteiger charge is 2.03. The summed E-state index contributed by atoms with van der Waals surface area (Å²) in [5.74, 6) is 0.449. The van der Waals surface area contributed by atoms with Crippen molar-refractivity contribution < 1.29 is 9.53 Å². The predicted octanol–water partition coefficient (Wildman–Crippen LogP) is 2.95. The summed E-state index contributed by atoms with van der Waals surface area (Å²) in [7, 11) is 5.55. The van der Waals surface area contributed by atoms with E-state index < -0.39 is 0 Å². The van der Waals surface area contributed by atoms with Crippen molar-refractivity contribution in [1.82, 2.24) is 5.43 Å². The maximum atomic E-state index is 11.9. The van der Waals surface area contributed by atoms with Crippen LogP contribution >= 0.6 is 12.4 Å². The fourth-order valence-corrected chi connectivity index (χ4v) is 1.83. The number of carbonyl (C=O) groups is 1. The van der Waals surface area contributed by atoms with Crippen LogP contribution in [-0.4, -0.2) is 33.3 Å². The zero-order valence-corrected chi connectivity index (χ0v) is 14.1. The average Bonchev–Trinajstić information content (AvgIpc) is 2.55. The molecule has 0 saturated heterocycles. The van der Waals surface area contributed by atoms with Crippen LogP contribution in [0.2, 0.25) is 0 Å². The predicted molar refractivity (Wildman–Crippen MR) is 96.1 cm³/mol. The first-order valence-corrected chi connectivity index (χ1v) is 6.85. The van der Waals surface area contributed by atoms with E-state index in [2.05, 4.69) is 10.5 Å². The van der Waals surface area contributed by atoms with Gasteiger partial charge in [0.15, 0.2) is 0 Å². The van der Waals surface area contributed by atoms with Crippen molar-refractivity contribution in [3.8, 4) is 5.75 Å². The Bertz CT molecular complexity index is 653. The first-order chi connectivity index (χ1) is 10.6. The van der Waals surface area contributed by atoms with E-state index in [1.165, 1.54) is 0 Å². The fourth-order valence-electron chi connectivity index (χ4n) is 1.83. The van der Waals surface area contributed by atoms with E-state index in [9.17, 15) is 4.79 Å². The van der Waals surface area contributed by atoms with Gasteiger partial charge in [0, 0.05) is 25.3 Å². The van der Waals surface area contributed by atoms with Gasteiger partial charge in [0.05, 0.1) is 13.3 Å². The Balaban J connectivity index is 0.00000264. The van der Waals surface area contributed by atoms with Gasteiger partial charge in [-0.05, 0) is 42.0 Å². The summed E-state index contributed by atoms with van der Waals surface area (Å²) >= 11 is 0. The molecule has 2 rings (SSSR count). The van der Waals surface area contributed by atoms with Crippen molar-refractivity contribution >= 4 is 30.2 Å². The number of hydrogen-bond acceptors (Lipinski definition) is 4. The van der Waals surface area contributed by atoms with Crippen molar-refractivity contribution in [1.29, 1.82) is 0 Å². The Kier molecular flexibility index (Phi) is 7.09. The minimum Gasteiger partial charge on any atom is -0.497 e. The van der Waals surface area contributed by atoms with Gasteiger partial charge in [0.2, 0.25) is 0 Å². The van der Waals surface area contributed by atoms with Crippen LogP contribution in [0.4, 0.5) is 5.69 Å². The monoisotopic (exact) mass is 333 g/mol. The van der Waals surface area contributed by atoms with Gasteiger partial charge in [0.1, 0.15) is 5.75 Å². The van der Waals surface area contributed by atoms with Crippen LogP contribution in [-0.2, 0) is 0 Å². The summed E-state index contributed by atoms with van der Waals surface area (Å²) in [4.78, 5) is 13.9. The molecular formula is C17H20ClN3O2. The zero-order chi connectivity index (χ0) is 15.9. The maximum absolute atomic E-state index is 11.9. The standard InChI is InChI=1S/C17H19N3O2.ClH/c1-20(2)15-8-4-13(5-9-15)12-18-19-17(21)14-6-10-16(22-3)11-7-14;/h4-12H,1-3H3,(H,19,21);1H. The number of rotatable bonds is 5. The molecule has 0 radical (unpaired) electrons. The second-order valence-electron chi connectivity index (χ2n) is 4.91. The number of methoxy groups -OCH3 is 1. The first kappa shape index (κ1) is 18.5. The van der Waals surface area contributed by atoms with Crippen LogP contribution in [0.1, 0.15) is 15.9 Å². The number of ether oxygens (including phenoxy) is 1. The highest BCUT2D eigenvalue weighted by atomic mass is 35.5. The van der Waals surface area contributed by atoms with Crippen LogP contribution in [0.15, 0.2) is 53.6 Å². The summed E-state index contributed by atoms with van der Waals surface area (Å²) < 4.78 is 5.05. The molecule has 0 spiro atoms. The maximum Gasteiger partial charge on any atom is 0.271 e. The number of nitrogens with one attached hydrogen (secondary N) is 1. The molecule has 0 aliphatic rings. The number of carbonyl (C=O) groups excluding carboxylic acids is 1. The molecule has 2 aromatic carbocycles. The number of halogens is 1. The third kappa shape index (κ3) is 5.30.